The fourth-order valence-electron chi connectivity index (χ4n) is 1.22. The molecule has 0 aliphatic heterocycles. The van der Waals surface area contributed by atoms with E-state index in [-0.39, 0.29) is 5.33 Å². The average molecular weight is 268 g/mol. The van der Waals surface area contributed by atoms with Gasteiger partial charge < -0.3 is 4.42 Å². The van der Waals surface area contributed by atoms with Crippen molar-refractivity contribution in [1.29, 1.82) is 0 Å². The van der Waals surface area contributed by atoms with E-state index in [4.69, 9.17) is 4.42 Å². The number of alkyl halides is 1. The van der Waals surface area contributed by atoms with Crippen LogP contribution in [0.5, 0.6) is 0 Å². The van der Waals surface area contributed by atoms with Crippen molar-refractivity contribution in [3.63, 3.8) is 0 Å². The molecule has 0 aliphatic carbocycles. The highest BCUT2D eigenvalue weighted by molar-refractivity contribution is 9.09. The molecule has 0 unspecified atom stereocenters. The van der Waals surface area contributed by atoms with Crippen molar-refractivity contribution in [3.05, 3.63) is 30.2 Å². The molecule has 0 radical (unpaired) electrons. The number of ketones is 2. The van der Waals surface area contributed by atoms with Crippen molar-refractivity contribution in [2.75, 3.05) is 5.33 Å². The lowest BCUT2D eigenvalue weighted by Gasteiger charge is -1.96. The van der Waals surface area contributed by atoms with Crippen LogP contribution in [0.25, 0.3) is 11.1 Å². The predicted octanol–water partition coefficient (Wildman–Crippen LogP) is 1.97. The first-order valence-electron chi connectivity index (χ1n) is 4.19. The van der Waals surface area contributed by atoms with E-state index >= 15 is 0 Å². The number of hydrogen-bond acceptors (Lipinski definition) is 4. The fraction of sp³-hybridized carbons (Fsp3) is 0.100. The summed E-state index contributed by atoms with van der Waals surface area (Å²) in [5.74, 6) is -1.00. The van der Waals surface area contributed by atoms with E-state index in [0.29, 0.717) is 16.7 Å². The van der Waals surface area contributed by atoms with Gasteiger partial charge in [-0.05, 0) is 18.2 Å². The van der Waals surface area contributed by atoms with Crippen molar-refractivity contribution in [3.8, 4) is 0 Å². The highest BCUT2D eigenvalue weighted by Gasteiger charge is 2.15. The van der Waals surface area contributed by atoms with Crippen molar-refractivity contribution in [1.82, 2.24) is 4.98 Å². The Labute approximate surface area is 93.4 Å². The van der Waals surface area contributed by atoms with Gasteiger partial charge in [0.15, 0.2) is 12.0 Å². The third kappa shape index (κ3) is 1.83. The van der Waals surface area contributed by atoms with Crippen molar-refractivity contribution in [2.45, 2.75) is 0 Å². The Morgan fingerprint density at radius 2 is 2.20 bits per heavy atom. The maximum atomic E-state index is 11.5. The van der Waals surface area contributed by atoms with Crippen LogP contribution in [-0.4, -0.2) is 21.9 Å². The summed E-state index contributed by atoms with van der Waals surface area (Å²) in [4.78, 5) is 26.6. The van der Waals surface area contributed by atoms with Crippen LogP contribution in [-0.2, 0) is 4.79 Å². The molecule has 0 aliphatic rings. The van der Waals surface area contributed by atoms with Gasteiger partial charge >= 0.3 is 0 Å². The molecular formula is C10H6BrNO3. The largest absolute Gasteiger partial charge is 0.443 e. The Kier molecular flexibility index (Phi) is 2.64. The molecule has 76 valence electrons. The molecule has 1 aromatic heterocycles. The van der Waals surface area contributed by atoms with Gasteiger partial charge in [-0.1, -0.05) is 15.9 Å². The van der Waals surface area contributed by atoms with Crippen LogP contribution in [0.4, 0.5) is 0 Å². The highest BCUT2D eigenvalue weighted by Crippen LogP contribution is 2.15. The molecule has 0 amide bonds. The summed E-state index contributed by atoms with van der Waals surface area (Å²) >= 11 is 2.95. The first-order chi connectivity index (χ1) is 7.22. The lowest BCUT2D eigenvalue weighted by atomic mass is 10.1. The van der Waals surface area contributed by atoms with Crippen LogP contribution in [0.2, 0.25) is 0 Å². The Morgan fingerprint density at radius 3 is 2.93 bits per heavy atom. The summed E-state index contributed by atoms with van der Waals surface area (Å²) < 4.78 is 5.04. The maximum Gasteiger partial charge on any atom is 0.229 e. The molecule has 0 fully saturated rings. The second kappa shape index (κ2) is 3.94. The first kappa shape index (κ1) is 10.0. The molecule has 1 aromatic carbocycles. The number of hydrogen-bond donors (Lipinski definition) is 0. The monoisotopic (exact) mass is 267 g/mol. The number of benzene rings is 1. The third-order valence-corrected chi connectivity index (χ3v) is 2.48. The summed E-state index contributed by atoms with van der Waals surface area (Å²) in [6.45, 7) is 0. The number of oxazole rings is 1. The summed E-state index contributed by atoms with van der Waals surface area (Å²) in [5, 5.41) is 0.0281. The van der Waals surface area contributed by atoms with Crippen molar-refractivity contribution in [2.24, 2.45) is 0 Å². The minimum Gasteiger partial charge on any atom is -0.443 e. The molecule has 0 atom stereocenters. The number of carbonyl (C=O) groups excluding carboxylic acids is 2. The zero-order chi connectivity index (χ0) is 10.8. The SMILES string of the molecule is O=C(CBr)C(=O)c1ccc2ncoc2c1. The van der Waals surface area contributed by atoms with Gasteiger partial charge in [-0.15, -0.1) is 0 Å². The van der Waals surface area contributed by atoms with Gasteiger partial charge in [0.1, 0.15) is 5.52 Å². The van der Waals surface area contributed by atoms with Gasteiger partial charge in [-0.3, -0.25) is 9.59 Å². The molecule has 15 heavy (non-hydrogen) atoms. The van der Waals surface area contributed by atoms with Crippen LogP contribution in [0, 0.1) is 0 Å². The van der Waals surface area contributed by atoms with Crippen molar-refractivity contribution < 1.29 is 14.0 Å². The lowest BCUT2D eigenvalue weighted by molar-refractivity contribution is -0.112. The average Bonchev–Trinajstić information content (AvgIpc) is 2.73. The van der Waals surface area contributed by atoms with Gasteiger partial charge in [-0.2, -0.15) is 0 Å². The number of Topliss-reactive ketones (excluding diaryl/α,β-unsaturated/α-hetero) is 2. The second-order valence-corrected chi connectivity index (χ2v) is 3.48. The highest BCUT2D eigenvalue weighted by atomic mass is 79.9. The Bertz CT molecular complexity index is 532. The molecule has 0 saturated heterocycles. The molecule has 0 saturated carbocycles. The minimum absolute atomic E-state index is 0.0281. The Hall–Kier alpha value is -1.49. The predicted molar refractivity (Wildman–Crippen MR) is 57.1 cm³/mol. The van der Waals surface area contributed by atoms with Crippen LogP contribution >= 0.6 is 15.9 Å². The van der Waals surface area contributed by atoms with Gasteiger partial charge in [0, 0.05) is 5.56 Å². The maximum absolute atomic E-state index is 11.5. The first-order valence-corrected chi connectivity index (χ1v) is 5.31. The molecule has 1 heterocycles. The zero-order valence-electron chi connectivity index (χ0n) is 7.57. The van der Waals surface area contributed by atoms with Gasteiger partial charge in [-0.25, -0.2) is 4.98 Å². The second-order valence-electron chi connectivity index (χ2n) is 2.92. The Balaban J connectivity index is 2.44. The van der Waals surface area contributed by atoms with Gasteiger partial charge in [0.05, 0.1) is 5.33 Å². The smallest absolute Gasteiger partial charge is 0.229 e. The lowest BCUT2D eigenvalue weighted by Crippen LogP contribution is -2.14. The van der Waals surface area contributed by atoms with Crippen molar-refractivity contribution >= 4 is 38.6 Å². The number of nitrogens with zero attached hydrogens (tertiary/aromatic N) is 1. The normalized spacial score (nSPS) is 10.5. The number of rotatable bonds is 3. The summed E-state index contributed by atoms with van der Waals surface area (Å²) in [6, 6.07) is 4.73. The summed E-state index contributed by atoms with van der Waals surface area (Å²) in [5.41, 5.74) is 1.49. The summed E-state index contributed by atoms with van der Waals surface area (Å²) in [6.07, 6.45) is 1.30. The summed E-state index contributed by atoms with van der Waals surface area (Å²) in [7, 11) is 0. The quantitative estimate of drug-likeness (QED) is 0.485. The molecule has 5 heteroatoms. The third-order valence-electron chi connectivity index (χ3n) is 1.97. The molecule has 0 spiro atoms. The number of fused-ring (bicyclic) bond motifs is 1. The number of halogens is 1. The molecule has 4 nitrogen and oxygen atoms in total. The molecule has 2 aromatic rings. The van der Waals surface area contributed by atoms with E-state index in [1.165, 1.54) is 12.5 Å². The van der Waals surface area contributed by atoms with Crippen LogP contribution in [0.1, 0.15) is 10.4 Å². The Morgan fingerprint density at radius 1 is 1.40 bits per heavy atom. The van der Waals surface area contributed by atoms with E-state index in [1.807, 2.05) is 0 Å². The van der Waals surface area contributed by atoms with Crippen LogP contribution in [0.15, 0.2) is 29.0 Å². The van der Waals surface area contributed by atoms with Crippen LogP contribution < -0.4 is 0 Å². The van der Waals surface area contributed by atoms with Crippen LogP contribution in [0.3, 0.4) is 0 Å². The standard InChI is InChI=1S/C10H6BrNO3/c11-4-8(13)10(14)6-1-2-7-9(3-6)15-5-12-7/h1-3,5H,4H2. The minimum atomic E-state index is -0.523. The van der Waals surface area contributed by atoms with Gasteiger partial charge in [0.25, 0.3) is 0 Å². The van der Waals surface area contributed by atoms with E-state index < -0.39 is 11.6 Å². The topological polar surface area (TPSA) is 60.2 Å². The number of aromatic nitrogens is 1. The fourth-order valence-corrected chi connectivity index (χ4v) is 1.47. The molecule has 0 N–H and O–H groups in total. The molecule has 2 rings (SSSR count). The van der Waals surface area contributed by atoms with E-state index in [0.717, 1.165) is 0 Å². The van der Waals surface area contributed by atoms with E-state index in [9.17, 15) is 9.59 Å². The van der Waals surface area contributed by atoms with E-state index in [1.54, 1.807) is 12.1 Å². The van der Waals surface area contributed by atoms with Gasteiger partial charge in [0.2, 0.25) is 11.6 Å². The number of carbonyl (C=O) groups is 2. The van der Waals surface area contributed by atoms with E-state index in [2.05, 4.69) is 20.9 Å². The molecular weight excluding hydrogens is 262 g/mol. The molecule has 0 bridgehead atoms. The zero-order valence-corrected chi connectivity index (χ0v) is 9.15.